The molecule has 0 aliphatic heterocycles. The van der Waals surface area contributed by atoms with E-state index in [9.17, 15) is 0 Å². The van der Waals surface area contributed by atoms with Gasteiger partial charge in [-0.3, -0.25) is 9.97 Å². The van der Waals surface area contributed by atoms with E-state index in [-0.39, 0.29) is 0 Å². The molecule has 0 saturated heterocycles. The van der Waals surface area contributed by atoms with E-state index in [0.717, 1.165) is 42.6 Å². The summed E-state index contributed by atoms with van der Waals surface area (Å²) < 4.78 is 4.96. The summed E-state index contributed by atoms with van der Waals surface area (Å²) in [5.41, 5.74) is 18.8. The highest BCUT2D eigenvalue weighted by molar-refractivity contribution is 6.12. The summed E-state index contributed by atoms with van der Waals surface area (Å²) in [6, 6.07) is 50.8. The van der Waals surface area contributed by atoms with Crippen LogP contribution in [-0.2, 0) is 19.3 Å². The second-order valence-electron chi connectivity index (χ2n) is 14.1. The highest BCUT2D eigenvalue weighted by atomic mass is 15.0. The number of benzene rings is 5. The van der Waals surface area contributed by atoms with E-state index in [1.165, 1.54) is 83.2 Å². The summed E-state index contributed by atoms with van der Waals surface area (Å²) in [6.45, 7) is 0. The predicted molar refractivity (Wildman–Crippen MR) is 214 cm³/mol. The third-order valence-corrected chi connectivity index (χ3v) is 11.2. The Bertz CT molecular complexity index is 2860. The first kappa shape index (κ1) is 29.2. The number of para-hydroxylation sites is 2. The van der Waals surface area contributed by atoms with Crippen LogP contribution in [-0.4, -0.2) is 19.1 Å². The summed E-state index contributed by atoms with van der Waals surface area (Å²) in [6.07, 6.45) is 10.2. The van der Waals surface area contributed by atoms with E-state index >= 15 is 0 Å². The first-order chi connectivity index (χ1) is 25.8. The molecule has 0 unspecified atom stereocenters. The molecule has 5 aromatic carbocycles. The summed E-state index contributed by atoms with van der Waals surface area (Å²) in [7, 11) is 0. The maximum atomic E-state index is 4.73. The van der Waals surface area contributed by atoms with Crippen molar-refractivity contribution >= 4 is 44.4 Å². The lowest BCUT2D eigenvalue weighted by Crippen LogP contribution is -2.06. The molecule has 2 aliphatic carbocycles. The van der Waals surface area contributed by atoms with E-state index < -0.39 is 0 Å². The number of allylic oxidation sites excluding steroid dienone is 1. The maximum absolute atomic E-state index is 4.73. The molecule has 0 N–H and O–H groups in total. The lowest BCUT2D eigenvalue weighted by Gasteiger charge is -2.22. The van der Waals surface area contributed by atoms with Gasteiger partial charge in [0.1, 0.15) is 0 Å². The molecule has 0 atom stereocenters. The van der Waals surface area contributed by atoms with Gasteiger partial charge in [0, 0.05) is 56.7 Å². The second-order valence-corrected chi connectivity index (χ2v) is 14.1. The standard InChI is InChI=1S/C48H34N4/c1-3-11-35(12-4-1)51-45-21-19-33(43-15-7-9-23-49-43)27-39(45)41-25-31-17-18-32-26-42-40-28-34(44-16-8-10-24-50-44)20-22-46(40)52(36-13-5-2-6-14-36)48(42)30-38(32)37(31)29-47(41)51/h1-16,19,21,23-30H,17-18,20,22H2. The normalized spacial score (nSPS) is 13.6. The molecule has 52 heavy (non-hydrogen) atoms. The third-order valence-electron chi connectivity index (χ3n) is 11.2. The zero-order valence-corrected chi connectivity index (χ0v) is 28.6. The number of fused-ring (bicyclic) bond motifs is 9. The van der Waals surface area contributed by atoms with Crippen molar-refractivity contribution < 1.29 is 0 Å². The van der Waals surface area contributed by atoms with E-state index in [4.69, 9.17) is 4.98 Å². The van der Waals surface area contributed by atoms with Gasteiger partial charge in [-0.05, 0) is 145 Å². The average molecular weight is 667 g/mol. The summed E-state index contributed by atoms with van der Waals surface area (Å²) >= 11 is 0. The maximum Gasteiger partial charge on any atom is 0.0702 e. The van der Waals surface area contributed by atoms with Crippen LogP contribution in [0.1, 0.15) is 34.5 Å². The largest absolute Gasteiger partial charge is 0.313 e. The molecule has 9 aromatic rings. The topological polar surface area (TPSA) is 35.6 Å². The molecular weight excluding hydrogens is 633 g/mol. The Balaban J connectivity index is 1.16. The lowest BCUT2D eigenvalue weighted by atomic mass is 9.83. The van der Waals surface area contributed by atoms with Crippen molar-refractivity contribution in [2.75, 3.05) is 0 Å². The smallest absolute Gasteiger partial charge is 0.0702 e. The van der Waals surface area contributed by atoms with Gasteiger partial charge in [0.25, 0.3) is 0 Å². The van der Waals surface area contributed by atoms with Gasteiger partial charge in [-0.15, -0.1) is 0 Å². The average Bonchev–Trinajstić information content (AvgIpc) is 3.71. The number of aryl methyl sites for hydroxylation is 2. The zero-order valence-electron chi connectivity index (χ0n) is 28.6. The summed E-state index contributed by atoms with van der Waals surface area (Å²) in [4.78, 5) is 9.40. The quantitative estimate of drug-likeness (QED) is 0.187. The fourth-order valence-corrected chi connectivity index (χ4v) is 8.83. The summed E-state index contributed by atoms with van der Waals surface area (Å²) in [5.74, 6) is 0. The number of pyridine rings is 2. The van der Waals surface area contributed by atoms with Gasteiger partial charge in [0.2, 0.25) is 0 Å². The molecular formula is C48H34N4. The molecule has 4 nitrogen and oxygen atoms in total. The lowest BCUT2D eigenvalue weighted by molar-refractivity contribution is 0.894. The van der Waals surface area contributed by atoms with Gasteiger partial charge in [0.05, 0.1) is 27.9 Å². The zero-order chi connectivity index (χ0) is 34.2. The number of rotatable bonds is 4. The van der Waals surface area contributed by atoms with Crippen LogP contribution in [0.25, 0.3) is 78.1 Å². The molecule has 4 heteroatoms. The predicted octanol–water partition coefficient (Wildman–Crippen LogP) is 11.4. The van der Waals surface area contributed by atoms with Crippen molar-refractivity contribution in [3.63, 3.8) is 0 Å². The number of hydrogen-bond acceptors (Lipinski definition) is 2. The van der Waals surface area contributed by atoms with Crippen LogP contribution < -0.4 is 0 Å². The molecule has 246 valence electrons. The highest BCUT2D eigenvalue weighted by Gasteiger charge is 2.27. The van der Waals surface area contributed by atoms with E-state index in [1.54, 1.807) is 0 Å². The minimum absolute atomic E-state index is 0.972. The molecule has 0 amide bonds. The van der Waals surface area contributed by atoms with Gasteiger partial charge in [-0.2, -0.15) is 0 Å². The van der Waals surface area contributed by atoms with Crippen LogP contribution in [0.5, 0.6) is 0 Å². The minimum atomic E-state index is 0.972. The SMILES string of the molecule is C1=C(c2ccccn2)CCc2c1c1cc3c(cc1n2-c1ccccc1)-c1cc2c(cc1CC3)c1cc(-c3ccccn3)ccc1n2-c1ccccc1. The third kappa shape index (κ3) is 4.47. The Morgan fingerprint density at radius 3 is 1.71 bits per heavy atom. The number of hydrogen-bond donors (Lipinski definition) is 0. The Morgan fingerprint density at radius 2 is 1.04 bits per heavy atom. The van der Waals surface area contributed by atoms with Gasteiger partial charge in [-0.1, -0.05) is 54.6 Å². The molecule has 0 bridgehead atoms. The fourth-order valence-electron chi connectivity index (χ4n) is 8.83. The monoisotopic (exact) mass is 666 g/mol. The number of nitrogens with zero attached hydrogens (tertiary/aromatic N) is 4. The Morgan fingerprint density at radius 1 is 0.442 bits per heavy atom. The first-order valence-electron chi connectivity index (χ1n) is 18.2. The minimum Gasteiger partial charge on any atom is -0.313 e. The van der Waals surface area contributed by atoms with Crippen LogP contribution in [0, 0.1) is 0 Å². The summed E-state index contributed by atoms with van der Waals surface area (Å²) in [5, 5.41) is 3.87. The van der Waals surface area contributed by atoms with Crippen molar-refractivity contribution in [3.8, 4) is 33.8 Å². The number of aromatic nitrogens is 4. The van der Waals surface area contributed by atoms with Gasteiger partial charge < -0.3 is 9.13 Å². The molecule has 11 rings (SSSR count). The van der Waals surface area contributed by atoms with Crippen molar-refractivity contribution in [2.45, 2.75) is 25.7 Å². The van der Waals surface area contributed by atoms with Crippen molar-refractivity contribution in [1.82, 2.24) is 19.1 Å². The van der Waals surface area contributed by atoms with E-state index in [0.29, 0.717) is 0 Å². The Hall–Kier alpha value is -6.52. The van der Waals surface area contributed by atoms with Crippen LogP contribution in [0.3, 0.4) is 0 Å². The van der Waals surface area contributed by atoms with Gasteiger partial charge >= 0.3 is 0 Å². The Kier molecular flexibility index (Phi) is 6.47. The van der Waals surface area contributed by atoms with Crippen LogP contribution in [0.2, 0.25) is 0 Å². The molecule has 0 spiro atoms. The van der Waals surface area contributed by atoms with Crippen LogP contribution in [0.15, 0.2) is 152 Å². The van der Waals surface area contributed by atoms with Gasteiger partial charge in [-0.25, -0.2) is 0 Å². The second kappa shape index (κ2) is 11.5. The van der Waals surface area contributed by atoms with Crippen LogP contribution in [0.4, 0.5) is 0 Å². The molecule has 0 radical (unpaired) electrons. The van der Waals surface area contributed by atoms with Crippen molar-refractivity contribution in [2.24, 2.45) is 0 Å². The van der Waals surface area contributed by atoms with Gasteiger partial charge in [0.15, 0.2) is 0 Å². The molecule has 0 saturated carbocycles. The molecule has 0 fully saturated rings. The van der Waals surface area contributed by atoms with Crippen LogP contribution >= 0.6 is 0 Å². The fraction of sp³-hybridized carbons (Fsp3) is 0.0833. The molecule has 4 heterocycles. The molecule has 4 aromatic heterocycles. The van der Waals surface area contributed by atoms with E-state index in [2.05, 4.69) is 148 Å². The van der Waals surface area contributed by atoms with E-state index in [1.807, 2.05) is 24.5 Å². The first-order valence-corrected chi connectivity index (χ1v) is 18.2. The molecule has 2 aliphatic rings. The van der Waals surface area contributed by atoms with Crippen molar-refractivity contribution in [1.29, 1.82) is 0 Å². The van der Waals surface area contributed by atoms with Crippen molar-refractivity contribution in [3.05, 3.63) is 180 Å². The highest BCUT2D eigenvalue weighted by Crippen LogP contribution is 2.45. The Labute approximate surface area is 302 Å².